The number of carbonyl (C=O) groups is 1. The van der Waals surface area contributed by atoms with E-state index in [-0.39, 0.29) is 11.6 Å². The normalized spacial score (nSPS) is 44.5. The number of esters is 1. The standard InChI is InChI=1S/C28H48O2/c1-19(10-15-25(29)30-26(2,3)4)22-13-14-23-21-12-11-20-9-7-8-17-27(20,5)24(21)16-18-28(22,23)6/h19-24H,7-18H2,1-6H3/t19-,20+,21+,22-,23+,24+,27+,28-/m1/s1. The molecule has 0 amide bonds. The van der Waals surface area contributed by atoms with Gasteiger partial charge in [0.25, 0.3) is 0 Å². The third-order valence-electron chi connectivity index (χ3n) is 10.6. The monoisotopic (exact) mass is 416 g/mol. The lowest BCUT2D eigenvalue weighted by Crippen LogP contribution is -2.53. The quantitative estimate of drug-likeness (QED) is 0.437. The van der Waals surface area contributed by atoms with Gasteiger partial charge in [0.05, 0.1) is 0 Å². The SMILES string of the molecule is C[C@H](CCC(=O)OC(C)(C)C)[C@H]1CC[C@H]2[C@@H]3CC[C@@H]4CCCC[C@]4(C)[C@H]3CC[C@]12C. The van der Waals surface area contributed by atoms with Gasteiger partial charge in [-0.15, -0.1) is 0 Å². The van der Waals surface area contributed by atoms with Crippen LogP contribution < -0.4 is 0 Å². The summed E-state index contributed by atoms with van der Waals surface area (Å²) in [4.78, 5) is 12.3. The Morgan fingerprint density at radius 1 is 0.933 bits per heavy atom. The number of rotatable bonds is 4. The molecule has 0 N–H and O–H groups in total. The van der Waals surface area contributed by atoms with Crippen molar-refractivity contribution in [3.63, 3.8) is 0 Å². The van der Waals surface area contributed by atoms with Gasteiger partial charge in [-0.3, -0.25) is 4.79 Å². The number of carbonyl (C=O) groups excluding carboxylic acids is 1. The lowest BCUT2D eigenvalue weighted by molar-refractivity contribution is -0.155. The Morgan fingerprint density at radius 2 is 1.67 bits per heavy atom. The van der Waals surface area contributed by atoms with Crippen LogP contribution >= 0.6 is 0 Å². The molecule has 0 saturated heterocycles. The van der Waals surface area contributed by atoms with Gasteiger partial charge in [0.15, 0.2) is 0 Å². The molecule has 4 fully saturated rings. The molecule has 0 aromatic rings. The zero-order valence-corrected chi connectivity index (χ0v) is 20.8. The lowest BCUT2D eigenvalue weighted by Gasteiger charge is -2.61. The van der Waals surface area contributed by atoms with Crippen molar-refractivity contribution in [3.05, 3.63) is 0 Å². The minimum Gasteiger partial charge on any atom is -0.460 e. The maximum absolute atomic E-state index is 12.3. The van der Waals surface area contributed by atoms with E-state index in [9.17, 15) is 4.79 Å². The van der Waals surface area contributed by atoms with Crippen molar-refractivity contribution < 1.29 is 9.53 Å². The van der Waals surface area contributed by atoms with Crippen LogP contribution in [-0.4, -0.2) is 11.6 Å². The van der Waals surface area contributed by atoms with E-state index in [1.54, 1.807) is 0 Å². The zero-order chi connectivity index (χ0) is 21.7. The summed E-state index contributed by atoms with van der Waals surface area (Å²) in [5.74, 6) is 5.33. The summed E-state index contributed by atoms with van der Waals surface area (Å²) in [6.07, 6.45) is 16.3. The number of ether oxygens (including phenoxy) is 1. The van der Waals surface area contributed by atoms with E-state index in [0.717, 1.165) is 36.0 Å². The second-order valence-electron chi connectivity index (χ2n) is 13.2. The minimum absolute atomic E-state index is 0.0127. The van der Waals surface area contributed by atoms with Crippen molar-refractivity contribution in [2.75, 3.05) is 0 Å². The Morgan fingerprint density at radius 3 is 2.40 bits per heavy atom. The second-order valence-corrected chi connectivity index (χ2v) is 13.2. The first-order chi connectivity index (χ1) is 14.0. The van der Waals surface area contributed by atoms with E-state index in [1.165, 1.54) is 64.2 Å². The lowest BCUT2D eigenvalue weighted by atomic mass is 9.44. The summed E-state index contributed by atoms with van der Waals surface area (Å²) in [6, 6.07) is 0. The second kappa shape index (κ2) is 8.11. The topological polar surface area (TPSA) is 26.3 Å². The van der Waals surface area contributed by atoms with Gasteiger partial charge in [0.1, 0.15) is 5.60 Å². The summed E-state index contributed by atoms with van der Waals surface area (Å²) in [7, 11) is 0. The maximum Gasteiger partial charge on any atom is 0.306 e. The summed E-state index contributed by atoms with van der Waals surface area (Å²) < 4.78 is 5.58. The fraction of sp³-hybridized carbons (Fsp3) is 0.964. The predicted octanol–water partition coefficient (Wildman–Crippen LogP) is 7.79. The Kier molecular flexibility index (Phi) is 6.12. The fourth-order valence-corrected chi connectivity index (χ4v) is 9.21. The predicted molar refractivity (Wildman–Crippen MR) is 124 cm³/mol. The molecule has 0 spiro atoms. The summed E-state index contributed by atoms with van der Waals surface area (Å²) in [5.41, 5.74) is 0.784. The molecule has 2 heteroatoms. The Bertz CT molecular complexity index is 633. The first kappa shape index (κ1) is 22.7. The van der Waals surface area contributed by atoms with Crippen LogP contribution in [0.5, 0.6) is 0 Å². The molecule has 4 aliphatic rings. The highest BCUT2D eigenvalue weighted by atomic mass is 16.6. The Hall–Kier alpha value is -0.530. The van der Waals surface area contributed by atoms with Gasteiger partial charge in [-0.2, -0.15) is 0 Å². The molecule has 2 nitrogen and oxygen atoms in total. The van der Waals surface area contributed by atoms with Crippen molar-refractivity contribution in [2.45, 2.75) is 124 Å². The molecule has 0 heterocycles. The molecule has 8 atom stereocenters. The first-order valence-corrected chi connectivity index (χ1v) is 13.3. The average Bonchev–Trinajstić information content (AvgIpc) is 3.01. The van der Waals surface area contributed by atoms with Gasteiger partial charge >= 0.3 is 5.97 Å². The van der Waals surface area contributed by atoms with Gasteiger partial charge in [-0.05, 0) is 125 Å². The Balaban J connectivity index is 1.42. The van der Waals surface area contributed by atoms with Crippen molar-refractivity contribution >= 4 is 5.97 Å². The number of fused-ring (bicyclic) bond motifs is 5. The molecule has 0 bridgehead atoms. The molecule has 172 valence electrons. The van der Waals surface area contributed by atoms with Gasteiger partial charge in [-0.1, -0.05) is 33.6 Å². The maximum atomic E-state index is 12.3. The molecular formula is C28H48O2. The van der Waals surface area contributed by atoms with Crippen LogP contribution in [-0.2, 0) is 9.53 Å². The third kappa shape index (κ3) is 3.99. The minimum atomic E-state index is -0.364. The van der Waals surface area contributed by atoms with E-state index in [2.05, 4.69) is 20.8 Å². The van der Waals surface area contributed by atoms with Crippen LogP contribution in [0.15, 0.2) is 0 Å². The summed E-state index contributed by atoms with van der Waals surface area (Å²) >= 11 is 0. The largest absolute Gasteiger partial charge is 0.460 e. The van der Waals surface area contributed by atoms with Crippen molar-refractivity contribution in [1.29, 1.82) is 0 Å². The highest BCUT2D eigenvalue weighted by Crippen LogP contribution is 2.68. The van der Waals surface area contributed by atoms with Gasteiger partial charge in [0.2, 0.25) is 0 Å². The Labute approximate surface area is 186 Å². The van der Waals surface area contributed by atoms with E-state index in [1.807, 2.05) is 20.8 Å². The fourth-order valence-electron chi connectivity index (χ4n) is 9.21. The third-order valence-corrected chi connectivity index (χ3v) is 10.6. The van der Waals surface area contributed by atoms with Crippen molar-refractivity contribution in [3.8, 4) is 0 Å². The van der Waals surface area contributed by atoms with E-state index in [4.69, 9.17) is 4.74 Å². The molecule has 0 unspecified atom stereocenters. The van der Waals surface area contributed by atoms with Crippen LogP contribution in [0.2, 0.25) is 0 Å². The van der Waals surface area contributed by atoms with Crippen molar-refractivity contribution in [1.82, 2.24) is 0 Å². The van der Waals surface area contributed by atoms with Crippen LogP contribution in [0.4, 0.5) is 0 Å². The summed E-state index contributed by atoms with van der Waals surface area (Å²) in [6.45, 7) is 13.7. The number of hydrogen-bond acceptors (Lipinski definition) is 2. The molecule has 4 saturated carbocycles. The van der Waals surface area contributed by atoms with Crippen molar-refractivity contribution in [2.24, 2.45) is 46.3 Å². The molecule has 4 rings (SSSR count). The van der Waals surface area contributed by atoms with E-state index >= 15 is 0 Å². The van der Waals surface area contributed by atoms with E-state index < -0.39 is 0 Å². The van der Waals surface area contributed by atoms with Crippen LogP contribution in [0.25, 0.3) is 0 Å². The zero-order valence-electron chi connectivity index (χ0n) is 20.8. The first-order valence-electron chi connectivity index (χ1n) is 13.3. The van der Waals surface area contributed by atoms with E-state index in [0.29, 0.717) is 23.2 Å². The number of hydrogen-bond donors (Lipinski definition) is 0. The smallest absolute Gasteiger partial charge is 0.306 e. The molecular weight excluding hydrogens is 368 g/mol. The van der Waals surface area contributed by atoms with Crippen LogP contribution in [0.3, 0.4) is 0 Å². The highest BCUT2D eigenvalue weighted by Gasteiger charge is 2.60. The highest BCUT2D eigenvalue weighted by molar-refractivity contribution is 5.69. The molecule has 0 aromatic heterocycles. The molecule has 0 radical (unpaired) electrons. The van der Waals surface area contributed by atoms with Crippen LogP contribution in [0.1, 0.15) is 119 Å². The van der Waals surface area contributed by atoms with Gasteiger partial charge in [-0.25, -0.2) is 0 Å². The molecule has 4 aliphatic carbocycles. The van der Waals surface area contributed by atoms with Gasteiger partial charge in [0, 0.05) is 6.42 Å². The average molecular weight is 417 g/mol. The summed E-state index contributed by atoms with van der Waals surface area (Å²) in [5, 5.41) is 0. The molecule has 0 aromatic carbocycles. The van der Waals surface area contributed by atoms with Gasteiger partial charge < -0.3 is 4.74 Å². The van der Waals surface area contributed by atoms with Crippen LogP contribution in [0, 0.1) is 46.3 Å². The molecule has 0 aliphatic heterocycles. The molecule has 30 heavy (non-hydrogen) atoms.